The minimum atomic E-state index is -0.986. The minimum absolute atomic E-state index is 0.0642. The number of aryl methyl sites for hydroxylation is 2. The number of amides is 2. The molecule has 2 unspecified atom stereocenters. The minimum Gasteiger partial charge on any atom is -0.478 e. The highest BCUT2D eigenvalue weighted by atomic mass is 19.1. The highest BCUT2D eigenvalue weighted by Gasteiger charge is 2.25. The molecule has 3 N–H and O–H groups in total. The van der Waals surface area contributed by atoms with Gasteiger partial charge >= 0.3 is 11.9 Å². The average molecular weight is 679 g/mol. The summed E-state index contributed by atoms with van der Waals surface area (Å²) in [6, 6.07) is 22.4. The lowest BCUT2D eigenvalue weighted by molar-refractivity contribution is -0.137. The second kappa shape index (κ2) is 16.5. The van der Waals surface area contributed by atoms with Gasteiger partial charge in [-0.25, -0.2) is 18.4 Å². The molecular weight excluding hydrogens is 642 g/mol. The first-order valence-electron chi connectivity index (χ1n) is 16.2. The molecule has 50 heavy (non-hydrogen) atoms. The monoisotopic (exact) mass is 678 g/mol. The molecule has 0 aliphatic heterocycles. The molecule has 4 aromatic rings. The third-order valence-electron chi connectivity index (χ3n) is 8.43. The van der Waals surface area contributed by atoms with Crippen LogP contribution in [0.4, 0.5) is 8.78 Å². The average Bonchev–Trinajstić information content (AvgIpc) is 3.70. The van der Waals surface area contributed by atoms with E-state index in [9.17, 15) is 28.0 Å². The van der Waals surface area contributed by atoms with Gasteiger partial charge in [0, 0.05) is 23.3 Å². The Hall–Kier alpha value is -5.90. The number of hydrogen-bond acceptors (Lipinski definition) is 5. The van der Waals surface area contributed by atoms with E-state index in [2.05, 4.69) is 10.6 Å². The Morgan fingerprint density at radius 2 is 1.14 bits per heavy atom. The van der Waals surface area contributed by atoms with Crippen molar-refractivity contribution in [1.29, 1.82) is 0 Å². The van der Waals surface area contributed by atoms with E-state index in [4.69, 9.17) is 9.84 Å². The Labute approximate surface area is 288 Å². The first-order chi connectivity index (χ1) is 24.1. The smallest absolute Gasteiger partial charge is 0.330 e. The van der Waals surface area contributed by atoms with Crippen molar-refractivity contribution in [3.05, 3.63) is 153 Å². The quantitative estimate of drug-likeness (QED) is 0.128. The van der Waals surface area contributed by atoms with Crippen LogP contribution in [0.1, 0.15) is 85.9 Å². The number of carboxylic acid groups (broad SMARTS) is 1. The summed E-state index contributed by atoms with van der Waals surface area (Å²) in [6.07, 6.45) is 9.05. The van der Waals surface area contributed by atoms with Gasteiger partial charge < -0.3 is 20.5 Å². The molecule has 2 amide bonds. The standard InChI is InChI=1S/C21H20FNO3.C19H16FNO3/c1-2-26-20(24)12-4-14-3-10-18-16(13-14)7-11-19(18)23-21(25)15-5-8-17(22)9-6-15;20-15-6-3-13(4-7-15)19(24)21-17-9-5-14-11-12(1-8-16(14)17)2-10-18(22)23/h3-6,8-10,12-13,19H,2,7,11H2,1H3,(H,23,25);1-4,6-8,10-11,17H,5,9H2,(H,21,24)(H,22,23)/b12-4+;10-2+. The van der Waals surface area contributed by atoms with Gasteiger partial charge in [-0.15, -0.1) is 0 Å². The maximum atomic E-state index is 13.0. The van der Waals surface area contributed by atoms with Gasteiger partial charge in [-0.1, -0.05) is 36.4 Å². The molecular formula is C40H36F2N2O6. The summed E-state index contributed by atoms with van der Waals surface area (Å²) in [6.45, 7) is 2.12. The molecule has 2 atom stereocenters. The van der Waals surface area contributed by atoms with Crippen molar-refractivity contribution in [1.82, 2.24) is 10.6 Å². The second-order valence-corrected chi connectivity index (χ2v) is 11.8. The molecule has 10 heteroatoms. The van der Waals surface area contributed by atoms with E-state index in [1.165, 1.54) is 54.6 Å². The van der Waals surface area contributed by atoms with Crippen LogP contribution in [0.15, 0.2) is 97.1 Å². The number of ether oxygens (including phenoxy) is 1. The van der Waals surface area contributed by atoms with Crippen LogP contribution in [0.3, 0.4) is 0 Å². The third kappa shape index (κ3) is 9.37. The van der Waals surface area contributed by atoms with Crippen molar-refractivity contribution in [2.24, 2.45) is 0 Å². The van der Waals surface area contributed by atoms with E-state index >= 15 is 0 Å². The molecule has 0 fully saturated rings. The Kier molecular flexibility index (Phi) is 11.7. The van der Waals surface area contributed by atoms with E-state index in [1.807, 2.05) is 36.4 Å². The number of hydrogen-bond donors (Lipinski definition) is 3. The van der Waals surface area contributed by atoms with Gasteiger partial charge in [-0.05, 0) is 127 Å². The van der Waals surface area contributed by atoms with Crippen LogP contribution in [0.5, 0.6) is 0 Å². The largest absolute Gasteiger partial charge is 0.478 e. The molecule has 0 radical (unpaired) electrons. The third-order valence-corrected chi connectivity index (χ3v) is 8.43. The normalized spacial score (nSPS) is 15.9. The summed E-state index contributed by atoms with van der Waals surface area (Å²) in [5.41, 5.74) is 6.97. The molecule has 8 nitrogen and oxygen atoms in total. The SMILES string of the molecule is CCOC(=O)/C=C/c1ccc2c(c1)CCC2NC(=O)c1ccc(F)cc1.O=C(O)/C=C/c1ccc2c(c1)CCC2NC(=O)c1ccc(F)cc1. The molecule has 0 spiro atoms. The van der Waals surface area contributed by atoms with Crippen LogP contribution in [0, 0.1) is 11.6 Å². The number of aliphatic carboxylic acids is 1. The number of carboxylic acids is 1. The van der Waals surface area contributed by atoms with Crippen LogP contribution in [0.2, 0.25) is 0 Å². The fourth-order valence-corrected chi connectivity index (χ4v) is 5.99. The van der Waals surface area contributed by atoms with Gasteiger partial charge in [0.05, 0.1) is 18.7 Å². The molecule has 2 aliphatic rings. The van der Waals surface area contributed by atoms with Gasteiger partial charge in [-0.3, -0.25) is 9.59 Å². The molecule has 6 rings (SSSR count). The van der Waals surface area contributed by atoms with Crippen molar-refractivity contribution in [3.63, 3.8) is 0 Å². The molecule has 0 saturated heterocycles. The first-order valence-corrected chi connectivity index (χ1v) is 16.2. The van der Waals surface area contributed by atoms with Gasteiger partial charge in [0.15, 0.2) is 0 Å². The number of carbonyl (C=O) groups is 4. The van der Waals surface area contributed by atoms with E-state index in [-0.39, 0.29) is 41.5 Å². The Morgan fingerprint density at radius 1 is 0.700 bits per heavy atom. The van der Waals surface area contributed by atoms with Crippen molar-refractivity contribution >= 4 is 35.9 Å². The number of benzene rings is 4. The predicted octanol–water partition coefficient (Wildman–Crippen LogP) is 7.16. The van der Waals surface area contributed by atoms with Gasteiger partial charge in [0.1, 0.15) is 11.6 Å². The van der Waals surface area contributed by atoms with Crippen molar-refractivity contribution < 1.29 is 37.8 Å². The van der Waals surface area contributed by atoms with E-state index in [1.54, 1.807) is 19.1 Å². The van der Waals surface area contributed by atoms with Crippen LogP contribution >= 0.6 is 0 Å². The number of nitrogens with one attached hydrogen (secondary N) is 2. The topological polar surface area (TPSA) is 122 Å². The van der Waals surface area contributed by atoms with E-state index in [0.717, 1.165) is 65.1 Å². The van der Waals surface area contributed by atoms with Gasteiger partial charge in [0.25, 0.3) is 11.8 Å². The summed E-state index contributed by atoms with van der Waals surface area (Å²) in [5.74, 6) is -2.54. The first kappa shape index (κ1) is 35.4. The zero-order chi connectivity index (χ0) is 35.6. The fraction of sp³-hybridized carbons (Fsp3) is 0.200. The fourth-order valence-electron chi connectivity index (χ4n) is 5.99. The lowest BCUT2D eigenvalue weighted by Gasteiger charge is -2.14. The van der Waals surface area contributed by atoms with Crippen LogP contribution in [-0.4, -0.2) is 35.5 Å². The second-order valence-electron chi connectivity index (χ2n) is 11.8. The highest BCUT2D eigenvalue weighted by molar-refractivity contribution is 5.95. The molecule has 0 saturated carbocycles. The molecule has 0 bridgehead atoms. The summed E-state index contributed by atoms with van der Waals surface area (Å²) in [4.78, 5) is 46.6. The highest BCUT2D eigenvalue weighted by Crippen LogP contribution is 2.33. The number of fused-ring (bicyclic) bond motifs is 2. The number of rotatable bonds is 9. The maximum Gasteiger partial charge on any atom is 0.330 e. The molecule has 2 aliphatic carbocycles. The summed E-state index contributed by atoms with van der Waals surface area (Å²) < 4.78 is 30.8. The summed E-state index contributed by atoms with van der Waals surface area (Å²) in [5, 5.41) is 14.6. The van der Waals surface area contributed by atoms with E-state index in [0.29, 0.717) is 17.7 Å². The van der Waals surface area contributed by atoms with Crippen LogP contribution in [-0.2, 0) is 27.2 Å². The lowest BCUT2D eigenvalue weighted by atomic mass is 10.0. The molecule has 256 valence electrons. The Morgan fingerprint density at radius 3 is 1.56 bits per heavy atom. The predicted molar refractivity (Wildman–Crippen MR) is 185 cm³/mol. The number of esters is 1. The van der Waals surface area contributed by atoms with Gasteiger partial charge in [-0.2, -0.15) is 0 Å². The summed E-state index contributed by atoms with van der Waals surface area (Å²) >= 11 is 0. The number of halogens is 2. The molecule has 0 heterocycles. The van der Waals surface area contributed by atoms with Crippen molar-refractivity contribution in [2.75, 3.05) is 6.61 Å². The lowest BCUT2D eigenvalue weighted by Crippen LogP contribution is -2.27. The summed E-state index contributed by atoms with van der Waals surface area (Å²) in [7, 11) is 0. The van der Waals surface area contributed by atoms with Crippen LogP contribution in [0.25, 0.3) is 12.2 Å². The van der Waals surface area contributed by atoms with Crippen LogP contribution < -0.4 is 10.6 Å². The molecule has 0 aromatic heterocycles. The van der Waals surface area contributed by atoms with Crippen molar-refractivity contribution in [2.45, 2.75) is 44.7 Å². The maximum absolute atomic E-state index is 13.0. The zero-order valence-corrected chi connectivity index (χ0v) is 27.3. The van der Waals surface area contributed by atoms with Gasteiger partial charge in [0.2, 0.25) is 0 Å². The molecule has 4 aromatic carbocycles. The van der Waals surface area contributed by atoms with Crippen molar-refractivity contribution in [3.8, 4) is 0 Å². The Balaban J connectivity index is 0.000000195. The zero-order valence-electron chi connectivity index (χ0n) is 27.3. The Bertz CT molecular complexity index is 1940. The number of carbonyl (C=O) groups excluding carboxylic acids is 3. The van der Waals surface area contributed by atoms with E-state index < -0.39 is 5.97 Å².